The SMILES string of the molecule is COC(=O)N[C@H](C)c1ccc(Br)s1. The number of hydrogen-bond acceptors (Lipinski definition) is 3. The fraction of sp³-hybridized carbons (Fsp3) is 0.375. The average molecular weight is 264 g/mol. The second-order valence-corrected chi connectivity index (χ2v) is 4.99. The molecule has 1 amide bonds. The number of hydrogen-bond donors (Lipinski definition) is 1. The van der Waals surface area contributed by atoms with Crippen molar-refractivity contribution in [3.8, 4) is 0 Å². The minimum atomic E-state index is -0.406. The third-order valence-electron chi connectivity index (χ3n) is 1.54. The second-order valence-electron chi connectivity index (χ2n) is 2.50. The number of alkyl carbamates (subject to hydrolysis) is 1. The van der Waals surface area contributed by atoms with E-state index < -0.39 is 6.09 Å². The van der Waals surface area contributed by atoms with E-state index in [9.17, 15) is 4.79 Å². The van der Waals surface area contributed by atoms with Gasteiger partial charge in [0.1, 0.15) is 0 Å². The fourth-order valence-corrected chi connectivity index (χ4v) is 2.29. The number of ether oxygens (including phenoxy) is 1. The van der Waals surface area contributed by atoms with Crippen LogP contribution in [-0.4, -0.2) is 13.2 Å². The van der Waals surface area contributed by atoms with Crippen LogP contribution in [0.25, 0.3) is 0 Å². The molecule has 1 N–H and O–H groups in total. The van der Waals surface area contributed by atoms with E-state index in [2.05, 4.69) is 26.0 Å². The fourth-order valence-electron chi connectivity index (χ4n) is 0.868. The number of rotatable bonds is 2. The lowest BCUT2D eigenvalue weighted by molar-refractivity contribution is 0.167. The zero-order valence-electron chi connectivity index (χ0n) is 7.33. The van der Waals surface area contributed by atoms with Gasteiger partial charge in [0, 0.05) is 4.88 Å². The van der Waals surface area contributed by atoms with E-state index in [1.54, 1.807) is 11.3 Å². The van der Waals surface area contributed by atoms with Crippen molar-refractivity contribution in [1.29, 1.82) is 0 Å². The molecule has 1 heterocycles. The van der Waals surface area contributed by atoms with Gasteiger partial charge in [-0.15, -0.1) is 11.3 Å². The highest BCUT2D eigenvalue weighted by atomic mass is 79.9. The van der Waals surface area contributed by atoms with Crippen LogP contribution in [0, 0.1) is 0 Å². The summed E-state index contributed by atoms with van der Waals surface area (Å²) in [6.07, 6.45) is -0.406. The van der Waals surface area contributed by atoms with Crippen molar-refractivity contribution in [2.24, 2.45) is 0 Å². The molecule has 0 spiro atoms. The van der Waals surface area contributed by atoms with Gasteiger partial charge in [-0.05, 0) is 35.0 Å². The number of carbonyl (C=O) groups is 1. The van der Waals surface area contributed by atoms with Gasteiger partial charge in [0.25, 0.3) is 0 Å². The summed E-state index contributed by atoms with van der Waals surface area (Å²) in [5.41, 5.74) is 0. The summed E-state index contributed by atoms with van der Waals surface area (Å²) in [5.74, 6) is 0. The van der Waals surface area contributed by atoms with E-state index in [0.717, 1.165) is 8.66 Å². The predicted molar refractivity (Wildman–Crippen MR) is 56.0 cm³/mol. The molecule has 72 valence electrons. The molecule has 0 unspecified atom stereocenters. The van der Waals surface area contributed by atoms with Crippen molar-refractivity contribution in [3.05, 3.63) is 20.8 Å². The molecule has 0 saturated carbocycles. The Hall–Kier alpha value is -0.550. The molecule has 1 aromatic heterocycles. The Labute approximate surface area is 89.2 Å². The molecule has 3 nitrogen and oxygen atoms in total. The summed E-state index contributed by atoms with van der Waals surface area (Å²) >= 11 is 4.95. The van der Waals surface area contributed by atoms with E-state index >= 15 is 0 Å². The van der Waals surface area contributed by atoms with Crippen molar-refractivity contribution in [2.75, 3.05) is 7.11 Å². The minimum Gasteiger partial charge on any atom is -0.453 e. The third-order valence-corrected chi connectivity index (χ3v) is 3.35. The second kappa shape index (κ2) is 4.62. The molecule has 1 atom stereocenters. The quantitative estimate of drug-likeness (QED) is 0.891. The van der Waals surface area contributed by atoms with Gasteiger partial charge >= 0.3 is 6.09 Å². The van der Waals surface area contributed by atoms with Gasteiger partial charge in [-0.3, -0.25) is 0 Å². The number of amides is 1. The van der Waals surface area contributed by atoms with Crippen LogP contribution in [-0.2, 0) is 4.74 Å². The lowest BCUT2D eigenvalue weighted by Crippen LogP contribution is -2.25. The smallest absolute Gasteiger partial charge is 0.407 e. The van der Waals surface area contributed by atoms with E-state index in [-0.39, 0.29) is 6.04 Å². The minimum absolute atomic E-state index is 0.0104. The summed E-state index contributed by atoms with van der Waals surface area (Å²) in [6.45, 7) is 1.91. The molecular formula is C8H10BrNO2S. The monoisotopic (exact) mass is 263 g/mol. The maximum atomic E-state index is 10.9. The van der Waals surface area contributed by atoms with Crippen molar-refractivity contribution in [2.45, 2.75) is 13.0 Å². The Morgan fingerprint density at radius 2 is 2.38 bits per heavy atom. The summed E-state index contributed by atoms with van der Waals surface area (Å²) in [4.78, 5) is 12.0. The molecule has 5 heteroatoms. The van der Waals surface area contributed by atoms with E-state index in [0.29, 0.717) is 0 Å². The Balaban J connectivity index is 2.58. The van der Waals surface area contributed by atoms with Crippen molar-refractivity contribution < 1.29 is 9.53 Å². The van der Waals surface area contributed by atoms with E-state index in [1.165, 1.54) is 7.11 Å². The maximum absolute atomic E-state index is 10.9. The van der Waals surface area contributed by atoms with Gasteiger partial charge in [0.2, 0.25) is 0 Å². The molecule has 0 saturated heterocycles. The highest BCUT2D eigenvalue weighted by Crippen LogP contribution is 2.26. The number of nitrogens with one attached hydrogen (secondary N) is 1. The molecule has 0 radical (unpaired) electrons. The molecule has 0 aliphatic carbocycles. The van der Waals surface area contributed by atoms with Crippen LogP contribution in [0.5, 0.6) is 0 Å². The Bertz CT molecular complexity index is 300. The van der Waals surface area contributed by atoms with E-state index in [1.807, 2.05) is 19.1 Å². The third kappa shape index (κ3) is 3.00. The van der Waals surface area contributed by atoms with E-state index in [4.69, 9.17) is 0 Å². The molecular weight excluding hydrogens is 254 g/mol. The van der Waals surface area contributed by atoms with Crippen LogP contribution in [0.2, 0.25) is 0 Å². The average Bonchev–Trinajstić information content (AvgIpc) is 2.51. The Kier molecular flexibility index (Phi) is 3.74. The zero-order chi connectivity index (χ0) is 9.84. The number of thiophene rings is 1. The molecule has 1 rings (SSSR count). The molecule has 1 aromatic rings. The standard InChI is InChI=1S/C8H10BrNO2S/c1-5(10-8(11)12-2)6-3-4-7(9)13-6/h3-5H,1-2H3,(H,10,11)/t5-/m1/s1. The van der Waals surface area contributed by atoms with Gasteiger partial charge in [0.15, 0.2) is 0 Å². The molecule has 0 aliphatic rings. The van der Waals surface area contributed by atoms with Gasteiger partial charge < -0.3 is 10.1 Å². The number of halogens is 1. The maximum Gasteiger partial charge on any atom is 0.407 e. The van der Waals surface area contributed by atoms with Gasteiger partial charge in [0.05, 0.1) is 16.9 Å². The Morgan fingerprint density at radius 1 is 1.69 bits per heavy atom. The molecule has 0 aliphatic heterocycles. The van der Waals surface area contributed by atoms with Crippen molar-refractivity contribution in [1.82, 2.24) is 5.32 Å². The summed E-state index contributed by atoms with van der Waals surface area (Å²) in [5, 5.41) is 2.69. The lowest BCUT2D eigenvalue weighted by Gasteiger charge is -2.10. The first-order valence-electron chi connectivity index (χ1n) is 3.73. The van der Waals surface area contributed by atoms with Crippen LogP contribution in [0.4, 0.5) is 4.79 Å². The summed E-state index contributed by atoms with van der Waals surface area (Å²) in [7, 11) is 1.35. The topological polar surface area (TPSA) is 38.3 Å². The van der Waals surface area contributed by atoms with Gasteiger partial charge in [-0.25, -0.2) is 4.79 Å². The molecule has 0 bridgehead atoms. The van der Waals surface area contributed by atoms with Gasteiger partial charge in [-0.2, -0.15) is 0 Å². The molecule has 0 aromatic carbocycles. The predicted octanol–water partition coefficient (Wildman–Crippen LogP) is 2.93. The first-order chi connectivity index (χ1) is 6.13. The van der Waals surface area contributed by atoms with Gasteiger partial charge in [-0.1, -0.05) is 0 Å². The van der Waals surface area contributed by atoms with Crippen molar-refractivity contribution >= 4 is 33.4 Å². The first kappa shape index (κ1) is 10.5. The largest absolute Gasteiger partial charge is 0.453 e. The van der Waals surface area contributed by atoms with Crippen LogP contribution in [0.1, 0.15) is 17.8 Å². The summed E-state index contributed by atoms with van der Waals surface area (Å²) < 4.78 is 5.55. The van der Waals surface area contributed by atoms with Crippen molar-refractivity contribution in [3.63, 3.8) is 0 Å². The van der Waals surface area contributed by atoms with Crippen LogP contribution in [0.15, 0.2) is 15.9 Å². The molecule has 0 fully saturated rings. The van der Waals surface area contributed by atoms with Crippen LogP contribution in [0.3, 0.4) is 0 Å². The highest BCUT2D eigenvalue weighted by Gasteiger charge is 2.10. The first-order valence-corrected chi connectivity index (χ1v) is 5.34. The Morgan fingerprint density at radius 3 is 2.85 bits per heavy atom. The lowest BCUT2D eigenvalue weighted by atomic mass is 10.3. The van der Waals surface area contributed by atoms with Crippen LogP contribution >= 0.6 is 27.3 Å². The zero-order valence-corrected chi connectivity index (χ0v) is 9.74. The molecule has 13 heavy (non-hydrogen) atoms. The number of methoxy groups -OCH3 is 1. The number of carbonyl (C=O) groups excluding carboxylic acids is 1. The summed E-state index contributed by atoms with van der Waals surface area (Å²) in [6, 6.07) is 3.91. The van der Waals surface area contributed by atoms with Crippen LogP contribution < -0.4 is 5.32 Å². The highest BCUT2D eigenvalue weighted by molar-refractivity contribution is 9.11. The normalized spacial score (nSPS) is 12.2.